The molecule has 0 saturated heterocycles. The standard InChI is InChI=1S/C24H24F3NO4/c1-15(29)12-13-23(16-8-6-5-7-9-16)18-11-10-17(24(25,26)27)14-19(18)28(20(23)30)21(31)32-22(2,3)4/h5-11,14H,12-13H2,1-4H3/t23-/m0/s1. The minimum absolute atomic E-state index is 0.00282. The fraction of sp³-hybridized carbons (Fsp3) is 0.375. The van der Waals surface area contributed by atoms with Crippen molar-refractivity contribution in [2.45, 2.75) is 57.7 Å². The molecule has 0 aromatic heterocycles. The number of halogens is 3. The average Bonchev–Trinajstić information content (AvgIpc) is 2.93. The summed E-state index contributed by atoms with van der Waals surface area (Å²) < 4.78 is 45.7. The van der Waals surface area contributed by atoms with Gasteiger partial charge in [0.2, 0.25) is 0 Å². The molecule has 0 unspecified atom stereocenters. The molecule has 2 amide bonds. The van der Waals surface area contributed by atoms with Crippen molar-refractivity contribution in [3.05, 3.63) is 65.2 Å². The predicted octanol–water partition coefficient (Wildman–Crippen LogP) is 5.64. The summed E-state index contributed by atoms with van der Waals surface area (Å²) in [6, 6.07) is 11.3. The molecule has 5 nitrogen and oxygen atoms in total. The van der Waals surface area contributed by atoms with Gasteiger partial charge in [0.15, 0.2) is 0 Å². The first-order valence-electron chi connectivity index (χ1n) is 10.1. The van der Waals surface area contributed by atoms with Gasteiger partial charge in [0.25, 0.3) is 5.91 Å². The van der Waals surface area contributed by atoms with E-state index in [9.17, 15) is 27.6 Å². The zero-order valence-electron chi connectivity index (χ0n) is 18.2. The lowest BCUT2D eigenvalue weighted by atomic mass is 9.71. The number of ether oxygens (including phenoxy) is 1. The Morgan fingerprint density at radius 2 is 1.66 bits per heavy atom. The fourth-order valence-electron chi connectivity index (χ4n) is 3.91. The second kappa shape index (κ2) is 8.07. The highest BCUT2D eigenvalue weighted by Gasteiger charge is 2.55. The van der Waals surface area contributed by atoms with Gasteiger partial charge in [-0.1, -0.05) is 36.4 Å². The molecule has 0 N–H and O–H groups in total. The first-order chi connectivity index (χ1) is 14.8. The van der Waals surface area contributed by atoms with Crippen molar-refractivity contribution >= 4 is 23.5 Å². The van der Waals surface area contributed by atoms with Crippen LogP contribution in [0.3, 0.4) is 0 Å². The van der Waals surface area contributed by atoms with Gasteiger partial charge in [-0.05, 0) is 57.4 Å². The van der Waals surface area contributed by atoms with Crippen LogP contribution in [-0.4, -0.2) is 23.4 Å². The number of amides is 2. The van der Waals surface area contributed by atoms with Crippen LogP contribution in [0.25, 0.3) is 0 Å². The number of fused-ring (bicyclic) bond motifs is 1. The largest absolute Gasteiger partial charge is 0.443 e. The van der Waals surface area contributed by atoms with Gasteiger partial charge in [-0.2, -0.15) is 13.2 Å². The first-order valence-corrected chi connectivity index (χ1v) is 10.1. The summed E-state index contributed by atoms with van der Waals surface area (Å²) in [6.45, 7) is 6.16. The van der Waals surface area contributed by atoms with Gasteiger partial charge in [0, 0.05) is 6.42 Å². The molecule has 32 heavy (non-hydrogen) atoms. The zero-order valence-corrected chi connectivity index (χ0v) is 18.2. The molecule has 2 aromatic rings. The zero-order chi connectivity index (χ0) is 23.9. The van der Waals surface area contributed by atoms with Crippen LogP contribution in [-0.2, 0) is 25.9 Å². The Labute approximate surface area is 184 Å². The lowest BCUT2D eigenvalue weighted by molar-refractivity contribution is -0.137. The Kier molecular flexibility index (Phi) is 5.93. The van der Waals surface area contributed by atoms with Gasteiger partial charge in [-0.25, -0.2) is 9.69 Å². The van der Waals surface area contributed by atoms with Gasteiger partial charge in [0.05, 0.1) is 11.3 Å². The SMILES string of the molecule is CC(=O)CC[C@@]1(c2ccccc2)C(=O)N(C(=O)OC(C)(C)C)c2cc(C(F)(F)F)ccc21. The molecule has 1 atom stereocenters. The third-order valence-electron chi connectivity index (χ3n) is 5.29. The van der Waals surface area contributed by atoms with Gasteiger partial charge in [-0.3, -0.25) is 4.79 Å². The number of carbonyl (C=O) groups is 3. The second-order valence-corrected chi connectivity index (χ2v) is 8.82. The van der Waals surface area contributed by atoms with Gasteiger partial charge >= 0.3 is 12.3 Å². The van der Waals surface area contributed by atoms with Crippen LogP contribution >= 0.6 is 0 Å². The molecular weight excluding hydrogens is 423 g/mol. The van der Waals surface area contributed by atoms with Crippen LogP contribution in [0, 0.1) is 0 Å². The maximum atomic E-state index is 13.8. The van der Waals surface area contributed by atoms with E-state index in [1.165, 1.54) is 13.0 Å². The number of Topliss-reactive ketones (excluding diaryl/α,β-unsaturated/α-hetero) is 1. The van der Waals surface area contributed by atoms with Gasteiger partial charge < -0.3 is 9.53 Å². The Morgan fingerprint density at radius 1 is 1.03 bits per heavy atom. The maximum absolute atomic E-state index is 13.8. The number of rotatable bonds is 4. The first kappa shape index (κ1) is 23.5. The molecule has 170 valence electrons. The van der Waals surface area contributed by atoms with Gasteiger partial charge in [0.1, 0.15) is 16.8 Å². The Bertz CT molecular complexity index is 1060. The molecule has 1 aliphatic rings. The summed E-state index contributed by atoms with van der Waals surface area (Å²) >= 11 is 0. The maximum Gasteiger partial charge on any atom is 0.421 e. The number of carbonyl (C=O) groups excluding carboxylic acids is 3. The number of benzene rings is 2. The van der Waals surface area contributed by atoms with E-state index in [0.29, 0.717) is 10.5 Å². The molecule has 0 aliphatic carbocycles. The summed E-state index contributed by atoms with van der Waals surface area (Å²) in [6.07, 6.45) is -5.73. The van der Waals surface area contributed by atoms with E-state index in [0.717, 1.165) is 12.1 Å². The summed E-state index contributed by atoms with van der Waals surface area (Å²) in [5, 5.41) is 0. The van der Waals surface area contributed by atoms with Crippen LogP contribution in [0.15, 0.2) is 48.5 Å². The molecule has 2 aromatic carbocycles. The molecule has 1 aliphatic heterocycles. The molecular formula is C24H24F3NO4. The molecule has 0 bridgehead atoms. The number of imide groups is 1. The van der Waals surface area contributed by atoms with Crippen LogP contribution < -0.4 is 4.90 Å². The van der Waals surface area contributed by atoms with Crippen LogP contribution in [0.4, 0.5) is 23.7 Å². The van der Waals surface area contributed by atoms with Crippen molar-refractivity contribution in [3.63, 3.8) is 0 Å². The van der Waals surface area contributed by atoms with E-state index in [1.807, 2.05) is 0 Å². The normalized spacial score (nSPS) is 18.5. The number of hydrogen-bond donors (Lipinski definition) is 0. The third kappa shape index (κ3) is 4.26. The summed E-state index contributed by atoms with van der Waals surface area (Å²) in [5.74, 6) is -0.925. The highest BCUT2D eigenvalue weighted by molar-refractivity contribution is 6.22. The minimum Gasteiger partial charge on any atom is -0.443 e. The summed E-state index contributed by atoms with van der Waals surface area (Å²) in [4.78, 5) is 39.3. The predicted molar refractivity (Wildman–Crippen MR) is 112 cm³/mol. The minimum atomic E-state index is -4.67. The van der Waals surface area contributed by atoms with Crippen molar-refractivity contribution in [2.75, 3.05) is 4.90 Å². The Morgan fingerprint density at radius 3 is 2.19 bits per heavy atom. The van der Waals surface area contributed by atoms with Crippen molar-refractivity contribution < 1.29 is 32.3 Å². The van der Waals surface area contributed by atoms with Crippen LogP contribution in [0.2, 0.25) is 0 Å². The lowest BCUT2D eigenvalue weighted by Gasteiger charge is -2.29. The van der Waals surface area contributed by atoms with E-state index in [-0.39, 0.29) is 29.9 Å². The van der Waals surface area contributed by atoms with E-state index in [2.05, 4.69) is 0 Å². The summed E-state index contributed by atoms with van der Waals surface area (Å²) in [7, 11) is 0. The quantitative estimate of drug-likeness (QED) is 0.608. The van der Waals surface area contributed by atoms with Crippen molar-refractivity contribution in [1.82, 2.24) is 0 Å². The molecule has 1 heterocycles. The molecule has 0 radical (unpaired) electrons. The number of hydrogen-bond acceptors (Lipinski definition) is 4. The molecule has 0 spiro atoms. The lowest BCUT2D eigenvalue weighted by Crippen LogP contribution is -2.46. The average molecular weight is 447 g/mol. The smallest absolute Gasteiger partial charge is 0.421 e. The highest BCUT2D eigenvalue weighted by atomic mass is 19.4. The number of anilines is 1. The van der Waals surface area contributed by atoms with Crippen LogP contribution in [0.5, 0.6) is 0 Å². The number of nitrogens with zero attached hydrogens (tertiary/aromatic N) is 1. The van der Waals surface area contributed by atoms with Crippen LogP contribution in [0.1, 0.15) is 57.2 Å². The van der Waals surface area contributed by atoms with Crippen molar-refractivity contribution in [2.24, 2.45) is 0 Å². The Balaban J connectivity index is 2.29. The molecule has 0 saturated carbocycles. The van der Waals surface area contributed by atoms with Gasteiger partial charge in [-0.15, -0.1) is 0 Å². The monoisotopic (exact) mass is 447 g/mol. The molecule has 8 heteroatoms. The Hall–Kier alpha value is -3.16. The number of alkyl halides is 3. The summed E-state index contributed by atoms with van der Waals surface area (Å²) in [5.41, 5.74) is -2.94. The van der Waals surface area contributed by atoms with E-state index < -0.39 is 34.8 Å². The van der Waals surface area contributed by atoms with Crippen molar-refractivity contribution in [1.29, 1.82) is 0 Å². The van der Waals surface area contributed by atoms with Crippen molar-refractivity contribution in [3.8, 4) is 0 Å². The molecule has 0 fully saturated rings. The number of ketones is 1. The van der Waals surface area contributed by atoms with E-state index in [4.69, 9.17) is 4.74 Å². The highest BCUT2D eigenvalue weighted by Crippen LogP contribution is 2.50. The second-order valence-electron chi connectivity index (χ2n) is 8.82. The fourth-order valence-corrected chi connectivity index (χ4v) is 3.91. The topological polar surface area (TPSA) is 63.7 Å². The van der Waals surface area contributed by atoms with E-state index in [1.54, 1.807) is 51.1 Å². The molecule has 3 rings (SSSR count). The van der Waals surface area contributed by atoms with E-state index >= 15 is 0 Å². The third-order valence-corrected chi connectivity index (χ3v) is 5.29.